The fourth-order valence-electron chi connectivity index (χ4n) is 3.09. The Balaban J connectivity index is 2.16. The summed E-state index contributed by atoms with van der Waals surface area (Å²) in [6, 6.07) is 0. The van der Waals surface area contributed by atoms with Crippen LogP contribution < -0.4 is 5.32 Å². The van der Waals surface area contributed by atoms with Crippen molar-refractivity contribution in [1.29, 1.82) is 0 Å². The number of unbranched alkanes of at least 4 members (excludes halogenated alkanes) is 1. The van der Waals surface area contributed by atoms with Crippen molar-refractivity contribution in [2.45, 2.75) is 72.1 Å². The van der Waals surface area contributed by atoms with E-state index in [9.17, 15) is 0 Å². The Morgan fingerprint density at radius 2 is 1.82 bits per heavy atom. The van der Waals surface area contributed by atoms with Crippen LogP contribution in [0.25, 0.3) is 0 Å². The molecule has 17 heavy (non-hydrogen) atoms. The largest absolute Gasteiger partial charge is 0.316 e. The summed E-state index contributed by atoms with van der Waals surface area (Å²) in [4.78, 5) is 0. The lowest BCUT2D eigenvalue weighted by Crippen LogP contribution is -2.36. The van der Waals surface area contributed by atoms with Crippen molar-refractivity contribution in [3.8, 4) is 0 Å². The smallest absolute Gasteiger partial charge is 0.00179 e. The summed E-state index contributed by atoms with van der Waals surface area (Å²) in [6.45, 7) is 9.43. The first-order valence-corrected chi connectivity index (χ1v) is 8.02. The van der Waals surface area contributed by atoms with Crippen LogP contribution in [0.1, 0.15) is 72.1 Å². The van der Waals surface area contributed by atoms with E-state index >= 15 is 0 Å². The summed E-state index contributed by atoms with van der Waals surface area (Å²) in [5, 5.41) is 3.60. The standard InChI is InChI=1S/C16H33N/c1-4-7-8-14(6-3)12-15-9-10-16(15)13-17-11-5-2/h14-17H,4-13H2,1-3H3. The predicted molar refractivity (Wildman–Crippen MR) is 77.3 cm³/mol. The van der Waals surface area contributed by atoms with E-state index in [-0.39, 0.29) is 0 Å². The normalized spacial score (nSPS) is 25.6. The molecule has 0 aromatic carbocycles. The summed E-state index contributed by atoms with van der Waals surface area (Å²) in [5.41, 5.74) is 0. The van der Waals surface area contributed by atoms with Crippen molar-refractivity contribution in [3.63, 3.8) is 0 Å². The molecule has 1 N–H and O–H groups in total. The molecule has 0 spiro atoms. The number of hydrogen-bond acceptors (Lipinski definition) is 1. The molecule has 0 aromatic heterocycles. The molecule has 0 heterocycles. The zero-order chi connectivity index (χ0) is 12.5. The van der Waals surface area contributed by atoms with E-state index in [1.165, 1.54) is 64.5 Å². The van der Waals surface area contributed by atoms with Gasteiger partial charge in [-0.3, -0.25) is 0 Å². The van der Waals surface area contributed by atoms with E-state index in [0.717, 1.165) is 17.8 Å². The zero-order valence-electron chi connectivity index (χ0n) is 12.3. The van der Waals surface area contributed by atoms with Gasteiger partial charge in [0.2, 0.25) is 0 Å². The molecule has 102 valence electrons. The van der Waals surface area contributed by atoms with Gasteiger partial charge in [-0.25, -0.2) is 0 Å². The summed E-state index contributed by atoms with van der Waals surface area (Å²) in [5.74, 6) is 3.05. The average molecular weight is 239 g/mol. The van der Waals surface area contributed by atoms with Gasteiger partial charge in [0.25, 0.3) is 0 Å². The highest BCUT2D eigenvalue weighted by Gasteiger charge is 2.31. The van der Waals surface area contributed by atoms with Crippen LogP contribution in [0.3, 0.4) is 0 Å². The first-order chi connectivity index (χ1) is 8.31. The minimum Gasteiger partial charge on any atom is -0.316 e. The Bertz CT molecular complexity index is 178. The Labute approximate surface area is 109 Å². The molecule has 3 unspecified atom stereocenters. The third kappa shape index (κ3) is 5.42. The van der Waals surface area contributed by atoms with E-state index in [0.29, 0.717) is 0 Å². The van der Waals surface area contributed by atoms with Gasteiger partial charge in [0.1, 0.15) is 0 Å². The van der Waals surface area contributed by atoms with E-state index in [4.69, 9.17) is 0 Å². The fraction of sp³-hybridized carbons (Fsp3) is 1.00. The summed E-state index contributed by atoms with van der Waals surface area (Å²) < 4.78 is 0. The van der Waals surface area contributed by atoms with E-state index in [1.807, 2.05) is 0 Å². The summed E-state index contributed by atoms with van der Waals surface area (Å²) >= 11 is 0. The molecule has 1 rings (SSSR count). The Morgan fingerprint density at radius 1 is 1.06 bits per heavy atom. The first-order valence-electron chi connectivity index (χ1n) is 8.02. The second-order valence-electron chi connectivity index (χ2n) is 5.95. The molecular weight excluding hydrogens is 206 g/mol. The van der Waals surface area contributed by atoms with Crippen LogP contribution in [0, 0.1) is 17.8 Å². The lowest BCUT2D eigenvalue weighted by molar-refractivity contribution is 0.133. The quantitative estimate of drug-likeness (QED) is 0.549. The van der Waals surface area contributed by atoms with Gasteiger partial charge in [0.05, 0.1) is 0 Å². The maximum absolute atomic E-state index is 3.60. The predicted octanol–water partition coefficient (Wildman–Crippen LogP) is 4.62. The van der Waals surface area contributed by atoms with Crippen molar-refractivity contribution in [2.24, 2.45) is 17.8 Å². The van der Waals surface area contributed by atoms with Gasteiger partial charge in [-0.2, -0.15) is 0 Å². The van der Waals surface area contributed by atoms with Crippen LogP contribution in [-0.4, -0.2) is 13.1 Å². The molecule has 1 saturated carbocycles. The lowest BCUT2D eigenvalue weighted by atomic mass is 9.68. The minimum atomic E-state index is 0.997. The summed E-state index contributed by atoms with van der Waals surface area (Å²) in [6.07, 6.45) is 11.4. The molecule has 1 nitrogen and oxygen atoms in total. The van der Waals surface area contributed by atoms with Gasteiger partial charge >= 0.3 is 0 Å². The van der Waals surface area contributed by atoms with Crippen molar-refractivity contribution in [3.05, 3.63) is 0 Å². The molecule has 0 bridgehead atoms. The third-order valence-electron chi connectivity index (χ3n) is 4.59. The van der Waals surface area contributed by atoms with Crippen LogP contribution in [0.4, 0.5) is 0 Å². The van der Waals surface area contributed by atoms with Crippen LogP contribution in [0.2, 0.25) is 0 Å². The zero-order valence-corrected chi connectivity index (χ0v) is 12.3. The van der Waals surface area contributed by atoms with E-state index in [1.54, 1.807) is 0 Å². The molecule has 0 saturated heterocycles. The fourth-order valence-corrected chi connectivity index (χ4v) is 3.09. The maximum atomic E-state index is 3.60. The highest BCUT2D eigenvalue weighted by atomic mass is 14.9. The van der Waals surface area contributed by atoms with Gasteiger partial charge < -0.3 is 5.32 Å². The van der Waals surface area contributed by atoms with Crippen LogP contribution >= 0.6 is 0 Å². The number of nitrogens with one attached hydrogen (secondary N) is 1. The van der Waals surface area contributed by atoms with E-state index in [2.05, 4.69) is 26.1 Å². The topological polar surface area (TPSA) is 12.0 Å². The van der Waals surface area contributed by atoms with Gasteiger partial charge in [0.15, 0.2) is 0 Å². The van der Waals surface area contributed by atoms with Crippen molar-refractivity contribution < 1.29 is 0 Å². The van der Waals surface area contributed by atoms with Gasteiger partial charge in [-0.15, -0.1) is 0 Å². The Hall–Kier alpha value is -0.0400. The molecule has 3 atom stereocenters. The van der Waals surface area contributed by atoms with Crippen LogP contribution in [-0.2, 0) is 0 Å². The highest BCUT2D eigenvalue weighted by molar-refractivity contribution is 4.83. The first kappa shape index (κ1) is 15.0. The van der Waals surface area contributed by atoms with Gasteiger partial charge in [0, 0.05) is 0 Å². The van der Waals surface area contributed by atoms with Crippen LogP contribution in [0.15, 0.2) is 0 Å². The molecule has 1 aliphatic carbocycles. The van der Waals surface area contributed by atoms with Crippen molar-refractivity contribution in [2.75, 3.05) is 13.1 Å². The Morgan fingerprint density at radius 3 is 2.35 bits per heavy atom. The number of rotatable bonds is 10. The summed E-state index contributed by atoms with van der Waals surface area (Å²) in [7, 11) is 0. The van der Waals surface area contributed by atoms with Crippen molar-refractivity contribution >= 4 is 0 Å². The maximum Gasteiger partial charge on any atom is -0.00179 e. The Kier molecular flexibility index (Phi) is 7.92. The van der Waals surface area contributed by atoms with Crippen LogP contribution in [0.5, 0.6) is 0 Å². The van der Waals surface area contributed by atoms with Gasteiger partial charge in [-0.1, -0.05) is 46.5 Å². The average Bonchev–Trinajstić information content (AvgIpc) is 2.33. The third-order valence-corrected chi connectivity index (χ3v) is 4.59. The molecule has 0 aliphatic heterocycles. The molecule has 1 fully saturated rings. The van der Waals surface area contributed by atoms with E-state index < -0.39 is 0 Å². The molecule has 0 amide bonds. The van der Waals surface area contributed by atoms with Crippen molar-refractivity contribution in [1.82, 2.24) is 5.32 Å². The molecule has 1 aliphatic rings. The van der Waals surface area contributed by atoms with Gasteiger partial charge in [-0.05, 0) is 56.5 Å². The molecule has 1 heteroatoms. The number of hydrogen-bond donors (Lipinski definition) is 1. The monoisotopic (exact) mass is 239 g/mol. The second kappa shape index (κ2) is 8.97. The molecular formula is C16H33N. The lowest BCUT2D eigenvalue weighted by Gasteiger charge is -2.39. The highest BCUT2D eigenvalue weighted by Crippen LogP contribution is 2.39. The molecule has 0 aromatic rings. The SMILES string of the molecule is CCCCC(CC)CC1CCC1CNCCC. The molecule has 0 radical (unpaired) electrons. The second-order valence-corrected chi connectivity index (χ2v) is 5.95. The minimum absolute atomic E-state index is 0.997.